The highest BCUT2D eigenvalue weighted by Crippen LogP contribution is 2.17. The second-order valence-corrected chi connectivity index (χ2v) is 4.86. The summed E-state index contributed by atoms with van der Waals surface area (Å²) in [4.78, 5) is 11.7. The number of carbonyl (C=O) groups excluding carboxylic acids is 1. The number of oxime groups is 1. The van der Waals surface area contributed by atoms with Gasteiger partial charge in [-0.05, 0) is 33.8 Å². The van der Waals surface area contributed by atoms with E-state index in [0.717, 1.165) is 0 Å². The van der Waals surface area contributed by atoms with Gasteiger partial charge in [-0.3, -0.25) is 5.32 Å². The van der Waals surface area contributed by atoms with E-state index in [1.54, 1.807) is 52.0 Å². The van der Waals surface area contributed by atoms with E-state index in [4.69, 9.17) is 9.94 Å². The fourth-order valence-electron chi connectivity index (χ4n) is 1.38. The smallest absolute Gasteiger partial charge is 0.412 e. The van der Waals surface area contributed by atoms with Crippen molar-refractivity contribution in [2.24, 2.45) is 5.16 Å². The van der Waals surface area contributed by atoms with E-state index in [9.17, 15) is 4.79 Å². The van der Waals surface area contributed by atoms with Gasteiger partial charge < -0.3 is 9.94 Å². The van der Waals surface area contributed by atoms with E-state index >= 15 is 0 Å². The number of nitrogens with zero attached hydrogens (tertiary/aromatic N) is 1. The number of para-hydroxylation sites is 1. The van der Waals surface area contributed by atoms with Gasteiger partial charge in [-0.2, -0.15) is 0 Å². The molecule has 0 heterocycles. The Hall–Kier alpha value is -2.04. The lowest BCUT2D eigenvalue weighted by molar-refractivity contribution is 0.0636. The summed E-state index contributed by atoms with van der Waals surface area (Å²) in [5, 5.41) is 14.5. The Kier molecular flexibility index (Phi) is 4.31. The Labute approximate surface area is 106 Å². The zero-order chi connectivity index (χ0) is 13.8. The van der Waals surface area contributed by atoms with Crippen molar-refractivity contribution in [3.8, 4) is 0 Å². The molecule has 18 heavy (non-hydrogen) atoms. The van der Waals surface area contributed by atoms with Crippen molar-refractivity contribution in [1.29, 1.82) is 0 Å². The lowest BCUT2D eigenvalue weighted by Gasteiger charge is -2.20. The molecular weight excluding hydrogens is 232 g/mol. The summed E-state index contributed by atoms with van der Waals surface area (Å²) in [6, 6.07) is 7.04. The Morgan fingerprint density at radius 1 is 1.33 bits per heavy atom. The largest absolute Gasteiger partial charge is 0.444 e. The average Bonchev–Trinajstić information content (AvgIpc) is 2.26. The summed E-state index contributed by atoms with van der Waals surface area (Å²) in [6.45, 7) is 7.02. The molecule has 0 atom stereocenters. The number of benzene rings is 1. The molecule has 0 spiro atoms. The summed E-state index contributed by atoms with van der Waals surface area (Å²) in [5.74, 6) is 0. The first kappa shape index (κ1) is 14.0. The quantitative estimate of drug-likeness (QED) is 0.481. The molecule has 0 saturated carbocycles. The molecule has 0 bridgehead atoms. The van der Waals surface area contributed by atoms with Crippen LogP contribution in [-0.4, -0.2) is 22.6 Å². The van der Waals surface area contributed by atoms with Gasteiger partial charge in [0.05, 0.1) is 11.4 Å². The van der Waals surface area contributed by atoms with Crippen LogP contribution in [0.2, 0.25) is 0 Å². The highest BCUT2D eigenvalue weighted by molar-refractivity contribution is 6.05. The second-order valence-electron chi connectivity index (χ2n) is 4.86. The van der Waals surface area contributed by atoms with Gasteiger partial charge >= 0.3 is 6.09 Å². The van der Waals surface area contributed by atoms with E-state index in [1.165, 1.54) is 0 Å². The Bertz CT molecular complexity index is 462. The van der Waals surface area contributed by atoms with Gasteiger partial charge in [0, 0.05) is 5.56 Å². The number of anilines is 1. The Balaban J connectivity index is 2.88. The number of hydrogen-bond acceptors (Lipinski definition) is 4. The van der Waals surface area contributed by atoms with Crippen LogP contribution < -0.4 is 5.32 Å². The van der Waals surface area contributed by atoms with Crippen LogP contribution in [0, 0.1) is 0 Å². The third-order valence-electron chi connectivity index (χ3n) is 2.10. The maximum absolute atomic E-state index is 11.7. The molecule has 1 rings (SSSR count). The van der Waals surface area contributed by atoms with Gasteiger partial charge in [0.1, 0.15) is 5.60 Å². The number of carbonyl (C=O) groups is 1. The first-order chi connectivity index (χ1) is 8.33. The van der Waals surface area contributed by atoms with E-state index in [1.807, 2.05) is 0 Å². The maximum Gasteiger partial charge on any atom is 0.412 e. The highest BCUT2D eigenvalue weighted by Gasteiger charge is 2.17. The Morgan fingerprint density at radius 2 is 1.94 bits per heavy atom. The van der Waals surface area contributed by atoms with Crippen LogP contribution in [0.25, 0.3) is 0 Å². The van der Waals surface area contributed by atoms with Crippen molar-refractivity contribution in [1.82, 2.24) is 0 Å². The van der Waals surface area contributed by atoms with E-state index in [-0.39, 0.29) is 0 Å². The maximum atomic E-state index is 11.7. The molecule has 0 radical (unpaired) electrons. The topological polar surface area (TPSA) is 70.9 Å². The highest BCUT2D eigenvalue weighted by atomic mass is 16.6. The third kappa shape index (κ3) is 4.08. The molecule has 1 aromatic rings. The van der Waals surface area contributed by atoms with Gasteiger partial charge in [0.25, 0.3) is 0 Å². The summed E-state index contributed by atoms with van der Waals surface area (Å²) in [7, 11) is 0. The molecule has 1 amide bonds. The molecule has 0 aliphatic heterocycles. The van der Waals surface area contributed by atoms with Crippen molar-refractivity contribution in [3.63, 3.8) is 0 Å². The molecule has 0 unspecified atom stereocenters. The third-order valence-corrected chi connectivity index (χ3v) is 2.10. The second kappa shape index (κ2) is 5.53. The van der Waals surface area contributed by atoms with Crippen LogP contribution in [0.15, 0.2) is 29.4 Å². The first-order valence-corrected chi connectivity index (χ1v) is 5.61. The fraction of sp³-hybridized carbons (Fsp3) is 0.385. The molecule has 2 N–H and O–H groups in total. The lowest BCUT2D eigenvalue weighted by Crippen LogP contribution is -2.27. The van der Waals surface area contributed by atoms with Crippen LogP contribution in [0.3, 0.4) is 0 Å². The van der Waals surface area contributed by atoms with Crippen LogP contribution >= 0.6 is 0 Å². The molecule has 0 saturated heterocycles. The van der Waals surface area contributed by atoms with Crippen LogP contribution in [-0.2, 0) is 4.74 Å². The number of rotatable bonds is 2. The minimum Gasteiger partial charge on any atom is -0.444 e. The van der Waals surface area contributed by atoms with Gasteiger partial charge in [0.15, 0.2) is 0 Å². The van der Waals surface area contributed by atoms with Crippen molar-refractivity contribution >= 4 is 17.5 Å². The molecule has 5 heteroatoms. The standard InChI is InChI=1S/C13H18N2O3/c1-9(15-17)10-7-5-6-8-11(10)14-12(16)18-13(2,3)4/h5-8,17H,1-4H3,(H,14,16)/b15-9+. The minimum absolute atomic E-state index is 0.418. The fourth-order valence-corrected chi connectivity index (χ4v) is 1.38. The van der Waals surface area contributed by atoms with Gasteiger partial charge in [-0.25, -0.2) is 4.79 Å². The summed E-state index contributed by atoms with van der Waals surface area (Å²) in [6.07, 6.45) is -0.541. The summed E-state index contributed by atoms with van der Waals surface area (Å²) < 4.78 is 5.16. The molecule has 98 valence electrons. The lowest BCUT2D eigenvalue weighted by atomic mass is 10.1. The predicted octanol–water partition coefficient (Wildman–Crippen LogP) is 3.23. The van der Waals surface area contributed by atoms with Gasteiger partial charge in [0.2, 0.25) is 0 Å². The van der Waals surface area contributed by atoms with Crippen molar-refractivity contribution in [2.75, 3.05) is 5.32 Å². The number of nitrogens with one attached hydrogen (secondary N) is 1. The molecular formula is C13H18N2O3. The van der Waals surface area contributed by atoms with Crippen molar-refractivity contribution < 1.29 is 14.7 Å². The molecule has 0 aromatic heterocycles. The molecule has 0 aliphatic carbocycles. The average molecular weight is 250 g/mol. The molecule has 0 aliphatic rings. The summed E-state index contributed by atoms with van der Waals surface area (Å²) >= 11 is 0. The van der Waals surface area contributed by atoms with Gasteiger partial charge in [-0.15, -0.1) is 0 Å². The number of amides is 1. The monoisotopic (exact) mass is 250 g/mol. The van der Waals surface area contributed by atoms with Crippen LogP contribution in [0.5, 0.6) is 0 Å². The SMILES string of the molecule is C/C(=N\O)c1ccccc1NC(=O)OC(C)(C)C. The predicted molar refractivity (Wildman–Crippen MR) is 70.3 cm³/mol. The normalized spacial score (nSPS) is 12.1. The zero-order valence-corrected chi connectivity index (χ0v) is 11.0. The summed E-state index contributed by atoms with van der Waals surface area (Å²) in [5.41, 5.74) is 1.05. The van der Waals surface area contributed by atoms with Crippen molar-refractivity contribution in [2.45, 2.75) is 33.3 Å². The first-order valence-electron chi connectivity index (χ1n) is 5.61. The van der Waals surface area contributed by atoms with Crippen LogP contribution in [0.1, 0.15) is 33.3 Å². The Morgan fingerprint density at radius 3 is 2.50 bits per heavy atom. The molecule has 1 aromatic carbocycles. The van der Waals surface area contributed by atoms with E-state index < -0.39 is 11.7 Å². The molecule has 5 nitrogen and oxygen atoms in total. The van der Waals surface area contributed by atoms with E-state index in [2.05, 4.69) is 10.5 Å². The zero-order valence-electron chi connectivity index (χ0n) is 11.0. The number of hydrogen-bond donors (Lipinski definition) is 2. The van der Waals surface area contributed by atoms with Crippen LogP contribution in [0.4, 0.5) is 10.5 Å². The minimum atomic E-state index is -0.556. The van der Waals surface area contributed by atoms with E-state index in [0.29, 0.717) is 17.0 Å². The number of ether oxygens (including phenoxy) is 1. The molecule has 0 fully saturated rings. The van der Waals surface area contributed by atoms with Crippen molar-refractivity contribution in [3.05, 3.63) is 29.8 Å². The van der Waals surface area contributed by atoms with Gasteiger partial charge in [-0.1, -0.05) is 23.4 Å².